The minimum Gasteiger partial charge on any atom is -0.452 e. The largest absolute Gasteiger partial charge is 0.452 e. The molecule has 0 heterocycles. The number of ether oxygens (including phenoxy) is 1. The van der Waals surface area contributed by atoms with Gasteiger partial charge in [0.15, 0.2) is 6.61 Å². The lowest BCUT2D eigenvalue weighted by molar-refractivity contribution is -0.147. The van der Waals surface area contributed by atoms with E-state index in [1.165, 1.54) is 11.0 Å². The standard InChI is InChI=1S/C20H21NO3S/c1-21(14-17-6-4-3-5-7-17)19(22)15-24-20(23)13-10-16-8-11-18(25-2)12-9-16/h3-13H,14-15H2,1-2H3. The summed E-state index contributed by atoms with van der Waals surface area (Å²) >= 11 is 1.66. The maximum atomic E-state index is 12.0. The van der Waals surface area contributed by atoms with Crippen molar-refractivity contribution in [2.75, 3.05) is 19.9 Å². The molecule has 0 bridgehead atoms. The van der Waals surface area contributed by atoms with E-state index in [1.807, 2.05) is 60.9 Å². The summed E-state index contributed by atoms with van der Waals surface area (Å²) in [6.45, 7) is 0.215. The van der Waals surface area contributed by atoms with Gasteiger partial charge in [0, 0.05) is 24.6 Å². The van der Waals surface area contributed by atoms with Crippen LogP contribution in [0.3, 0.4) is 0 Å². The van der Waals surface area contributed by atoms with E-state index in [-0.39, 0.29) is 12.5 Å². The molecule has 0 aromatic heterocycles. The van der Waals surface area contributed by atoms with E-state index in [0.717, 1.165) is 16.0 Å². The molecule has 1 amide bonds. The Labute approximate surface area is 152 Å². The van der Waals surface area contributed by atoms with Crippen LogP contribution in [-0.4, -0.2) is 36.7 Å². The quantitative estimate of drug-likeness (QED) is 0.432. The minimum absolute atomic E-state index is 0.241. The number of benzene rings is 2. The first-order valence-electron chi connectivity index (χ1n) is 7.85. The van der Waals surface area contributed by atoms with E-state index >= 15 is 0 Å². The maximum Gasteiger partial charge on any atom is 0.331 e. The van der Waals surface area contributed by atoms with Crippen LogP contribution < -0.4 is 0 Å². The number of carbonyl (C=O) groups is 2. The summed E-state index contributed by atoms with van der Waals surface area (Å²) in [5, 5.41) is 0. The second-order valence-corrected chi connectivity index (χ2v) is 6.33. The van der Waals surface area contributed by atoms with E-state index in [9.17, 15) is 9.59 Å². The van der Waals surface area contributed by atoms with Crippen LogP contribution in [0.4, 0.5) is 0 Å². The summed E-state index contributed by atoms with van der Waals surface area (Å²) in [7, 11) is 1.69. The third kappa shape index (κ3) is 6.47. The third-order valence-electron chi connectivity index (χ3n) is 3.55. The smallest absolute Gasteiger partial charge is 0.331 e. The summed E-state index contributed by atoms with van der Waals surface area (Å²) in [4.78, 5) is 26.5. The molecule has 0 N–H and O–H groups in total. The van der Waals surface area contributed by atoms with Crippen LogP contribution in [-0.2, 0) is 20.9 Å². The monoisotopic (exact) mass is 355 g/mol. The summed E-state index contributed by atoms with van der Waals surface area (Å²) in [6.07, 6.45) is 5.01. The molecule has 0 atom stereocenters. The molecule has 0 unspecified atom stereocenters. The van der Waals surface area contributed by atoms with Gasteiger partial charge in [-0.3, -0.25) is 4.79 Å². The van der Waals surface area contributed by atoms with Crippen LogP contribution in [0.25, 0.3) is 6.08 Å². The predicted octanol–water partition coefficient (Wildman–Crippen LogP) is 3.62. The van der Waals surface area contributed by atoms with E-state index in [0.29, 0.717) is 6.54 Å². The van der Waals surface area contributed by atoms with Crippen molar-refractivity contribution < 1.29 is 14.3 Å². The van der Waals surface area contributed by atoms with Crippen LogP contribution >= 0.6 is 11.8 Å². The van der Waals surface area contributed by atoms with Gasteiger partial charge >= 0.3 is 5.97 Å². The van der Waals surface area contributed by atoms with Crippen LogP contribution in [0.5, 0.6) is 0 Å². The molecule has 5 heteroatoms. The zero-order valence-corrected chi connectivity index (χ0v) is 15.2. The molecule has 0 aliphatic carbocycles. The fraction of sp³-hybridized carbons (Fsp3) is 0.200. The van der Waals surface area contributed by atoms with Gasteiger partial charge in [0.25, 0.3) is 5.91 Å². The zero-order chi connectivity index (χ0) is 18.1. The average Bonchev–Trinajstić information content (AvgIpc) is 2.65. The number of carbonyl (C=O) groups excluding carboxylic acids is 2. The summed E-state index contributed by atoms with van der Waals surface area (Å²) < 4.78 is 5.01. The first kappa shape index (κ1) is 18.8. The second-order valence-electron chi connectivity index (χ2n) is 5.45. The van der Waals surface area contributed by atoms with Crippen LogP contribution in [0, 0.1) is 0 Å². The van der Waals surface area contributed by atoms with E-state index < -0.39 is 5.97 Å². The number of nitrogens with zero attached hydrogens (tertiary/aromatic N) is 1. The molecule has 0 aliphatic heterocycles. The lowest BCUT2D eigenvalue weighted by Crippen LogP contribution is -2.30. The Hall–Kier alpha value is -2.53. The van der Waals surface area contributed by atoms with Gasteiger partial charge in [-0.15, -0.1) is 11.8 Å². The van der Waals surface area contributed by atoms with Crippen molar-refractivity contribution in [1.82, 2.24) is 4.90 Å². The Bertz CT molecular complexity index is 726. The molecular weight excluding hydrogens is 334 g/mol. The summed E-state index contributed by atoms with van der Waals surface area (Å²) in [5.41, 5.74) is 1.93. The lowest BCUT2D eigenvalue weighted by Gasteiger charge is -2.16. The SMILES string of the molecule is CSc1ccc(C=CC(=O)OCC(=O)N(C)Cc2ccccc2)cc1. The highest BCUT2D eigenvalue weighted by Gasteiger charge is 2.11. The fourth-order valence-corrected chi connectivity index (χ4v) is 2.52. The molecular formula is C20H21NO3S. The van der Waals surface area contributed by atoms with Gasteiger partial charge < -0.3 is 9.64 Å². The summed E-state index contributed by atoms with van der Waals surface area (Å²) in [6, 6.07) is 17.5. The molecule has 0 saturated heterocycles. The Balaban J connectivity index is 1.78. The van der Waals surface area contributed by atoms with E-state index in [1.54, 1.807) is 24.9 Å². The van der Waals surface area contributed by atoms with Crippen molar-refractivity contribution in [1.29, 1.82) is 0 Å². The molecule has 0 fully saturated rings. The van der Waals surface area contributed by atoms with E-state index in [2.05, 4.69) is 0 Å². The molecule has 0 radical (unpaired) electrons. The van der Waals surface area contributed by atoms with Crippen molar-refractivity contribution in [3.63, 3.8) is 0 Å². The first-order valence-corrected chi connectivity index (χ1v) is 9.08. The van der Waals surface area contributed by atoms with Gasteiger partial charge in [0.1, 0.15) is 0 Å². The molecule has 2 rings (SSSR count). The lowest BCUT2D eigenvalue weighted by atomic mass is 10.2. The zero-order valence-electron chi connectivity index (χ0n) is 14.3. The molecule has 130 valence electrons. The molecule has 0 saturated carbocycles. The Kier molecular flexibility index (Phi) is 7.29. The van der Waals surface area contributed by atoms with Crippen LogP contribution in [0.1, 0.15) is 11.1 Å². The molecule has 4 nitrogen and oxygen atoms in total. The van der Waals surface area contributed by atoms with Gasteiger partial charge in [-0.25, -0.2) is 4.79 Å². The maximum absolute atomic E-state index is 12.0. The van der Waals surface area contributed by atoms with Gasteiger partial charge in [-0.2, -0.15) is 0 Å². The molecule has 2 aromatic rings. The van der Waals surface area contributed by atoms with Crippen molar-refractivity contribution in [2.24, 2.45) is 0 Å². The number of hydrogen-bond acceptors (Lipinski definition) is 4. The third-order valence-corrected chi connectivity index (χ3v) is 4.30. The van der Waals surface area contributed by atoms with Crippen molar-refractivity contribution in [3.05, 3.63) is 71.8 Å². The number of amides is 1. The molecule has 25 heavy (non-hydrogen) atoms. The van der Waals surface area contributed by atoms with Gasteiger partial charge in [0.2, 0.25) is 0 Å². The van der Waals surface area contributed by atoms with Gasteiger partial charge in [0.05, 0.1) is 0 Å². The highest BCUT2D eigenvalue weighted by atomic mass is 32.2. The minimum atomic E-state index is -0.532. The Morgan fingerprint density at radius 2 is 1.76 bits per heavy atom. The highest BCUT2D eigenvalue weighted by molar-refractivity contribution is 7.98. The number of thioether (sulfide) groups is 1. The molecule has 2 aromatic carbocycles. The Morgan fingerprint density at radius 1 is 1.08 bits per heavy atom. The van der Waals surface area contributed by atoms with Crippen molar-refractivity contribution in [2.45, 2.75) is 11.4 Å². The highest BCUT2D eigenvalue weighted by Crippen LogP contribution is 2.15. The number of likely N-dealkylation sites (N-methyl/N-ethyl adjacent to an activating group) is 1. The average molecular weight is 355 g/mol. The second kappa shape index (κ2) is 9.69. The predicted molar refractivity (Wildman–Crippen MR) is 101 cm³/mol. The normalized spacial score (nSPS) is 10.6. The fourth-order valence-electron chi connectivity index (χ4n) is 2.12. The summed E-state index contributed by atoms with van der Waals surface area (Å²) in [5.74, 6) is -0.773. The number of rotatable bonds is 7. The van der Waals surface area contributed by atoms with Crippen molar-refractivity contribution >= 4 is 29.7 Å². The molecule has 0 spiro atoms. The van der Waals surface area contributed by atoms with Crippen LogP contribution in [0.15, 0.2) is 65.6 Å². The van der Waals surface area contributed by atoms with Crippen LogP contribution in [0.2, 0.25) is 0 Å². The van der Waals surface area contributed by atoms with E-state index in [4.69, 9.17) is 4.74 Å². The Morgan fingerprint density at radius 3 is 2.40 bits per heavy atom. The molecule has 0 aliphatic rings. The van der Waals surface area contributed by atoms with Gasteiger partial charge in [-0.1, -0.05) is 42.5 Å². The first-order chi connectivity index (χ1) is 12.1. The number of hydrogen-bond donors (Lipinski definition) is 0. The topological polar surface area (TPSA) is 46.6 Å². The van der Waals surface area contributed by atoms with Gasteiger partial charge in [-0.05, 0) is 35.6 Å². The van der Waals surface area contributed by atoms with Crippen molar-refractivity contribution in [3.8, 4) is 0 Å². The number of esters is 1.